The van der Waals surface area contributed by atoms with Gasteiger partial charge in [-0.1, -0.05) is 12.8 Å². The van der Waals surface area contributed by atoms with Gasteiger partial charge >= 0.3 is 5.97 Å². The van der Waals surface area contributed by atoms with Gasteiger partial charge in [-0.25, -0.2) is 9.18 Å². The third-order valence-electron chi connectivity index (χ3n) is 2.26. The van der Waals surface area contributed by atoms with Crippen molar-refractivity contribution in [1.82, 2.24) is 5.32 Å². The molecule has 0 aromatic rings. The highest BCUT2D eigenvalue weighted by molar-refractivity contribution is 5.83. The highest BCUT2D eigenvalue weighted by Gasteiger charge is 2.24. The van der Waals surface area contributed by atoms with Crippen LogP contribution in [-0.4, -0.2) is 29.7 Å². The fraction of sp³-hybridized carbons (Fsp3) is 0.778. The van der Waals surface area contributed by atoms with Crippen molar-refractivity contribution in [2.45, 2.75) is 31.7 Å². The van der Waals surface area contributed by atoms with Gasteiger partial charge in [-0.2, -0.15) is 0 Å². The Morgan fingerprint density at radius 3 is 2.57 bits per heavy atom. The van der Waals surface area contributed by atoms with E-state index in [9.17, 15) is 14.0 Å². The molecule has 0 spiro atoms. The molecule has 5 heteroatoms. The second-order valence-corrected chi connectivity index (χ2v) is 3.59. The minimum atomic E-state index is -1.39. The zero-order chi connectivity index (χ0) is 10.6. The number of halogens is 1. The zero-order valence-corrected chi connectivity index (χ0v) is 7.83. The molecule has 0 heterocycles. The number of hydrogen-bond acceptors (Lipinski definition) is 2. The molecule has 0 radical (unpaired) electrons. The Hall–Kier alpha value is -1.13. The van der Waals surface area contributed by atoms with Crippen LogP contribution >= 0.6 is 0 Å². The van der Waals surface area contributed by atoms with Crippen molar-refractivity contribution < 1.29 is 19.1 Å². The van der Waals surface area contributed by atoms with Gasteiger partial charge in [-0.15, -0.1) is 0 Å². The van der Waals surface area contributed by atoms with Crippen LogP contribution in [0.3, 0.4) is 0 Å². The monoisotopic (exact) mass is 203 g/mol. The van der Waals surface area contributed by atoms with E-state index >= 15 is 0 Å². The Kier molecular flexibility index (Phi) is 3.85. The van der Waals surface area contributed by atoms with Crippen LogP contribution < -0.4 is 5.32 Å². The molecule has 1 aliphatic rings. The Bertz CT molecular complexity index is 228. The maximum absolute atomic E-state index is 12.1. The SMILES string of the molecule is O=C(CCC1CC1)NC(CF)C(=O)O. The fourth-order valence-electron chi connectivity index (χ4n) is 1.17. The van der Waals surface area contributed by atoms with Crippen molar-refractivity contribution in [1.29, 1.82) is 0 Å². The summed E-state index contributed by atoms with van der Waals surface area (Å²) in [6.45, 7) is -1.06. The number of aliphatic carboxylic acids is 1. The number of nitrogens with one attached hydrogen (secondary N) is 1. The zero-order valence-electron chi connectivity index (χ0n) is 7.83. The van der Waals surface area contributed by atoms with Crippen molar-refractivity contribution in [3.63, 3.8) is 0 Å². The van der Waals surface area contributed by atoms with Gasteiger partial charge in [0.1, 0.15) is 6.67 Å². The molecule has 0 saturated heterocycles. The first-order valence-electron chi connectivity index (χ1n) is 4.71. The van der Waals surface area contributed by atoms with Crippen molar-refractivity contribution >= 4 is 11.9 Å². The lowest BCUT2D eigenvalue weighted by Gasteiger charge is -2.10. The molecule has 0 aliphatic heterocycles. The Morgan fingerprint density at radius 1 is 1.50 bits per heavy atom. The molecule has 80 valence electrons. The molecule has 1 aliphatic carbocycles. The summed E-state index contributed by atoms with van der Waals surface area (Å²) in [5.74, 6) is -1.08. The molecule has 1 atom stereocenters. The molecule has 2 N–H and O–H groups in total. The maximum atomic E-state index is 12.1. The van der Waals surface area contributed by atoms with Gasteiger partial charge in [-0.05, 0) is 12.3 Å². The van der Waals surface area contributed by atoms with Crippen LogP contribution in [0.25, 0.3) is 0 Å². The molecule has 1 saturated carbocycles. The number of carboxylic acid groups (broad SMARTS) is 1. The van der Waals surface area contributed by atoms with Crippen LogP contribution in [0.5, 0.6) is 0 Å². The second kappa shape index (κ2) is 4.93. The van der Waals surface area contributed by atoms with Crippen LogP contribution in [-0.2, 0) is 9.59 Å². The smallest absolute Gasteiger partial charge is 0.328 e. The molecular weight excluding hydrogens is 189 g/mol. The highest BCUT2D eigenvalue weighted by atomic mass is 19.1. The Balaban J connectivity index is 2.19. The van der Waals surface area contributed by atoms with Crippen LogP contribution in [0.4, 0.5) is 4.39 Å². The van der Waals surface area contributed by atoms with Crippen LogP contribution in [0.1, 0.15) is 25.7 Å². The number of carboxylic acids is 1. The van der Waals surface area contributed by atoms with E-state index in [4.69, 9.17) is 5.11 Å². The minimum absolute atomic E-state index is 0.300. The molecule has 1 rings (SSSR count). The normalized spacial score (nSPS) is 17.5. The first-order valence-corrected chi connectivity index (χ1v) is 4.71. The number of carbonyl (C=O) groups is 2. The van der Waals surface area contributed by atoms with Gasteiger partial charge in [0.2, 0.25) is 5.91 Å². The van der Waals surface area contributed by atoms with E-state index in [1.54, 1.807) is 0 Å². The molecule has 14 heavy (non-hydrogen) atoms. The average Bonchev–Trinajstić information content (AvgIpc) is 2.93. The number of alkyl halides is 1. The van der Waals surface area contributed by atoms with Gasteiger partial charge < -0.3 is 10.4 Å². The topological polar surface area (TPSA) is 66.4 Å². The quantitative estimate of drug-likeness (QED) is 0.668. The van der Waals surface area contributed by atoms with E-state index < -0.39 is 18.7 Å². The standard InChI is InChI=1S/C9H14FNO3/c10-5-7(9(13)14)11-8(12)4-3-6-1-2-6/h6-7H,1-5H2,(H,11,12)(H,13,14). The van der Waals surface area contributed by atoms with E-state index in [-0.39, 0.29) is 5.91 Å². The average molecular weight is 203 g/mol. The van der Waals surface area contributed by atoms with Gasteiger partial charge in [0.15, 0.2) is 6.04 Å². The van der Waals surface area contributed by atoms with Crippen LogP contribution in [0.2, 0.25) is 0 Å². The molecule has 0 bridgehead atoms. The largest absolute Gasteiger partial charge is 0.480 e. The predicted octanol–water partition coefficient (Wildman–Crippen LogP) is 0.716. The van der Waals surface area contributed by atoms with Crippen LogP contribution in [0.15, 0.2) is 0 Å². The van der Waals surface area contributed by atoms with Gasteiger partial charge in [0.25, 0.3) is 0 Å². The van der Waals surface area contributed by atoms with E-state index in [1.165, 1.54) is 0 Å². The summed E-state index contributed by atoms with van der Waals surface area (Å²) in [5, 5.41) is 10.6. The summed E-state index contributed by atoms with van der Waals surface area (Å²) < 4.78 is 12.1. The third-order valence-corrected chi connectivity index (χ3v) is 2.26. The second-order valence-electron chi connectivity index (χ2n) is 3.59. The molecule has 0 aromatic heterocycles. The first-order chi connectivity index (χ1) is 6.63. The van der Waals surface area contributed by atoms with E-state index in [0.29, 0.717) is 12.3 Å². The number of carbonyl (C=O) groups excluding carboxylic acids is 1. The lowest BCUT2D eigenvalue weighted by atomic mass is 10.2. The van der Waals surface area contributed by atoms with Crippen LogP contribution in [0, 0.1) is 5.92 Å². The lowest BCUT2D eigenvalue weighted by Crippen LogP contribution is -2.42. The molecule has 4 nitrogen and oxygen atoms in total. The summed E-state index contributed by atoms with van der Waals surface area (Å²) in [5.41, 5.74) is 0. The molecule has 1 fully saturated rings. The van der Waals surface area contributed by atoms with Gasteiger partial charge in [0, 0.05) is 6.42 Å². The highest BCUT2D eigenvalue weighted by Crippen LogP contribution is 2.33. The van der Waals surface area contributed by atoms with Crippen molar-refractivity contribution in [2.75, 3.05) is 6.67 Å². The third kappa shape index (κ3) is 3.72. The minimum Gasteiger partial charge on any atom is -0.480 e. The van der Waals surface area contributed by atoms with E-state index in [0.717, 1.165) is 19.3 Å². The summed E-state index contributed by atoms with van der Waals surface area (Å²) in [6, 6.07) is -1.39. The molecule has 1 unspecified atom stereocenters. The summed E-state index contributed by atoms with van der Waals surface area (Å²) in [7, 11) is 0. The summed E-state index contributed by atoms with van der Waals surface area (Å²) in [6.07, 6.45) is 3.39. The lowest BCUT2D eigenvalue weighted by molar-refractivity contribution is -0.142. The number of hydrogen-bond donors (Lipinski definition) is 2. The Morgan fingerprint density at radius 2 is 2.14 bits per heavy atom. The van der Waals surface area contributed by atoms with Crippen molar-refractivity contribution in [2.24, 2.45) is 5.92 Å². The van der Waals surface area contributed by atoms with Crippen molar-refractivity contribution in [3.05, 3.63) is 0 Å². The number of rotatable bonds is 6. The first kappa shape index (κ1) is 10.9. The molecular formula is C9H14FNO3. The summed E-state index contributed by atoms with van der Waals surface area (Å²) >= 11 is 0. The van der Waals surface area contributed by atoms with E-state index in [1.807, 2.05) is 0 Å². The van der Waals surface area contributed by atoms with E-state index in [2.05, 4.69) is 5.32 Å². The predicted molar refractivity (Wildman–Crippen MR) is 47.5 cm³/mol. The molecule has 0 aromatic carbocycles. The summed E-state index contributed by atoms with van der Waals surface area (Å²) in [4.78, 5) is 21.5. The van der Waals surface area contributed by atoms with Crippen molar-refractivity contribution in [3.8, 4) is 0 Å². The maximum Gasteiger partial charge on any atom is 0.328 e. The van der Waals surface area contributed by atoms with Gasteiger partial charge in [0.05, 0.1) is 0 Å². The number of amides is 1. The Labute approximate surface area is 81.5 Å². The molecule has 1 amide bonds. The fourth-order valence-corrected chi connectivity index (χ4v) is 1.17. The van der Waals surface area contributed by atoms with Gasteiger partial charge in [-0.3, -0.25) is 4.79 Å².